The summed E-state index contributed by atoms with van der Waals surface area (Å²) in [4.78, 5) is 14.8. The second-order valence-electron chi connectivity index (χ2n) is 6.73. The summed E-state index contributed by atoms with van der Waals surface area (Å²) in [7, 11) is 0. The molecule has 1 aromatic carbocycles. The van der Waals surface area contributed by atoms with Gasteiger partial charge in [0.05, 0.1) is 38.3 Å². The maximum absolute atomic E-state index is 13.1. The van der Waals surface area contributed by atoms with E-state index in [0.717, 1.165) is 33.6 Å². The monoisotopic (exact) mass is 363 g/mol. The van der Waals surface area contributed by atoms with E-state index < -0.39 is 0 Å². The van der Waals surface area contributed by atoms with Crippen LogP contribution < -0.4 is 0 Å². The molecule has 5 nitrogen and oxygen atoms in total. The number of carbonyl (C=O) groups is 1. The first-order valence-corrected chi connectivity index (χ1v) is 8.90. The molecule has 0 saturated heterocycles. The zero-order valence-corrected chi connectivity index (χ0v) is 15.4. The van der Waals surface area contributed by atoms with Gasteiger partial charge >= 0.3 is 0 Å². The molecular weight excluding hydrogens is 342 g/mol. The molecular formula is C22H21NO4. The number of furan rings is 3. The predicted molar refractivity (Wildman–Crippen MR) is 101 cm³/mol. The van der Waals surface area contributed by atoms with E-state index in [2.05, 4.69) is 13.0 Å². The van der Waals surface area contributed by atoms with Gasteiger partial charge in [0.1, 0.15) is 17.1 Å². The molecule has 0 saturated carbocycles. The highest BCUT2D eigenvalue weighted by atomic mass is 16.3. The summed E-state index contributed by atoms with van der Waals surface area (Å²) >= 11 is 0. The van der Waals surface area contributed by atoms with E-state index in [1.165, 1.54) is 5.56 Å². The number of fused-ring (bicyclic) bond motifs is 1. The number of nitrogens with zero attached hydrogens (tertiary/aromatic N) is 1. The minimum Gasteiger partial charge on any atom is -0.467 e. The summed E-state index contributed by atoms with van der Waals surface area (Å²) in [5, 5.41) is 0.988. The van der Waals surface area contributed by atoms with Gasteiger partial charge in [0.25, 0.3) is 0 Å². The maximum atomic E-state index is 13.1. The van der Waals surface area contributed by atoms with Crippen LogP contribution >= 0.6 is 0 Å². The zero-order valence-electron chi connectivity index (χ0n) is 15.4. The molecule has 138 valence electrons. The number of amides is 1. The Hall–Kier alpha value is -3.21. The Morgan fingerprint density at radius 3 is 2.19 bits per heavy atom. The summed E-state index contributed by atoms with van der Waals surface area (Å²) in [5.74, 6) is 1.46. The summed E-state index contributed by atoms with van der Waals surface area (Å²) in [6, 6.07) is 11.4. The summed E-state index contributed by atoms with van der Waals surface area (Å²) < 4.78 is 16.6. The molecule has 0 aliphatic carbocycles. The molecule has 3 aromatic heterocycles. The van der Waals surface area contributed by atoms with E-state index >= 15 is 0 Å². The van der Waals surface area contributed by atoms with Crippen LogP contribution in [-0.4, -0.2) is 10.8 Å². The first-order valence-electron chi connectivity index (χ1n) is 8.90. The summed E-state index contributed by atoms with van der Waals surface area (Å²) in [6.45, 7) is 4.87. The average Bonchev–Trinajstić information content (AvgIpc) is 3.40. The molecule has 0 spiro atoms. The summed E-state index contributed by atoms with van der Waals surface area (Å²) in [6.07, 6.45) is 5.17. The number of aryl methyl sites for hydroxylation is 2. The van der Waals surface area contributed by atoms with Gasteiger partial charge in [-0.3, -0.25) is 4.79 Å². The van der Waals surface area contributed by atoms with Crippen LogP contribution in [0.3, 0.4) is 0 Å². The first kappa shape index (κ1) is 17.2. The second kappa shape index (κ2) is 7.19. The molecule has 4 rings (SSSR count). The molecule has 0 aliphatic heterocycles. The van der Waals surface area contributed by atoms with Gasteiger partial charge in [-0.15, -0.1) is 0 Å². The van der Waals surface area contributed by atoms with Crippen molar-refractivity contribution in [3.63, 3.8) is 0 Å². The van der Waals surface area contributed by atoms with Gasteiger partial charge in [0.15, 0.2) is 0 Å². The van der Waals surface area contributed by atoms with Crippen molar-refractivity contribution in [1.82, 2.24) is 4.90 Å². The van der Waals surface area contributed by atoms with Crippen molar-refractivity contribution < 1.29 is 18.0 Å². The fourth-order valence-corrected chi connectivity index (χ4v) is 3.21. The lowest BCUT2D eigenvalue weighted by Gasteiger charge is -2.20. The largest absolute Gasteiger partial charge is 0.467 e. The van der Waals surface area contributed by atoms with Crippen molar-refractivity contribution in [2.24, 2.45) is 0 Å². The Kier molecular flexibility index (Phi) is 4.59. The van der Waals surface area contributed by atoms with E-state index in [9.17, 15) is 4.79 Å². The van der Waals surface area contributed by atoms with E-state index in [1.807, 2.05) is 37.3 Å². The van der Waals surface area contributed by atoms with E-state index in [4.69, 9.17) is 13.3 Å². The topological polar surface area (TPSA) is 59.7 Å². The molecule has 1 amide bonds. The van der Waals surface area contributed by atoms with Gasteiger partial charge < -0.3 is 18.2 Å². The highest BCUT2D eigenvalue weighted by Crippen LogP contribution is 2.27. The second-order valence-corrected chi connectivity index (χ2v) is 6.73. The predicted octanol–water partition coefficient (Wildman–Crippen LogP) is 5.01. The Labute approximate surface area is 157 Å². The zero-order chi connectivity index (χ0) is 18.8. The van der Waals surface area contributed by atoms with Crippen LogP contribution in [0.4, 0.5) is 0 Å². The fourth-order valence-electron chi connectivity index (χ4n) is 3.21. The maximum Gasteiger partial charge on any atom is 0.227 e. The molecule has 0 bridgehead atoms. The third kappa shape index (κ3) is 3.53. The minimum absolute atomic E-state index is 0.0104. The van der Waals surface area contributed by atoms with Crippen LogP contribution in [0.5, 0.6) is 0 Å². The quantitative estimate of drug-likeness (QED) is 0.483. The number of rotatable bonds is 6. The molecule has 3 heterocycles. The van der Waals surface area contributed by atoms with Crippen LogP contribution in [0.1, 0.15) is 28.2 Å². The van der Waals surface area contributed by atoms with E-state index in [0.29, 0.717) is 13.1 Å². The Morgan fingerprint density at radius 1 is 0.926 bits per heavy atom. The lowest BCUT2D eigenvalue weighted by atomic mass is 10.0. The molecule has 27 heavy (non-hydrogen) atoms. The van der Waals surface area contributed by atoms with Crippen LogP contribution in [0.15, 0.2) is 68.4 Å². The average molecular weight is 363 g/mol. The van der Waals surface area contributed by atoms with Gasteiger partial charge in [-0.25, -0.2) is 0 Å². The minimum atomic E-state index is -0.0104. The molecule has 0 fully saturated rings. The van der Waals surface area contributed by atoms with Crippen LogP contribution in [0.25, 0.3) is 11.0 Å². The number of carbonyl (C=O) groups excluding carboxylic acids is 1. The molecule has 4 aromatic rings. The van der Waals surface area contributed by atoms with Gasteiger partial charge in [0.2, 0.25) is 5.91 Å². The first-order chi connectivity index (χ1) is 13.1. The van der Waals surface area contributed by atoms with Crippen molar-refractivity contribution in [1.29, 1.82) is 0 Å². The highest BCUT2D eigenvalue weighted by Gasteiger charge is 2.20. The fraction of sp³-hybridized carbons (Fsp3) is 0.227. The van der Waals surface area contributed by atoms with Crippen molar-refractivity contribution in [3.05, 3.63) is 83.4 Å². The van der Waals surface area contributed by atoms with Crippen LogP contribution in [0.2, 0.25) is 0 Å². The molecule has 0 aliphatic rings. The van der Waals surface area contributed by atoms with E-state index in [1.54, 1.807) is 23.7 Å². The van der Waals surface area contributed by atoms with Crippen molar-refractivity contribution >= 4 is 16.9 Å². The Balaban J connectivity index is 1.58. The molecule has 0 unspecified atom stereocenters. The number of benzene rings is 1. The van der Waals surface area contributed by atoms with Crippen molar-refractivity contribution in [2.45, 2.75) is 33.4 Å². The summed E-state index contributed by atoms with van der Waals surface area (Å²) in [5.41, 5.74) is 4.02. The third-order valence-electron chi connectivity index (χ3n) is 4.89. The van der Waals surface area contributed by atoms with Gasteiger partial charge in [-0.1, -0.05) is 12.1 Å². The normalized spacial score (nSPS) is 11.2. The number of hydrogen-bond donors (Lipinski definition) is 0. The molecule has 0 atom stereocenters. The highest BCUT2D eigenvalue weighted by molar-refractivity contribution is 5.89. The molecule has 0 radical (unpaired) electrons. The Bertz CT molecular complexity index is 1010. The molecule has 5 heteroatoms. The smallest absolute Gasteiger partial charge is 0.227 e. The van der Waals surface area contributed by atoms with Gasteiger partial charge in [0, 0.05) is 10.9 Å². The van der Waals surface area contributed by atoms with Crippen molar-refractivity contribution in [2.75, 3.05) is 0 Å². The van der Waals surface area contributed by atoms with E-state index in [-0.39, 0.29) is 12.3 Å². The SMILES string of the molecule is Cc1ccc2c(CC(=O)N(Cc3ccco3)Cc3ccco3)coc2c1C. The molecule has 0 N–H and O–H groups in total. The van der Waals surface area contributed by atoms with Crippen molar-refractivity contribution in [3.8, 4) is 0 Å². The standard InChI is InChI=1S/C22H21NO4/c1-15-7-8-20-17(14-27-22(20)16(15)2)11-21(24)23(12-18-5-3-9-25-18)13-19-6-4-10-26-19/h3-10,14H,11-13H2,1-2H3. The van der Waals surface area contributed by atoms with Crippen LogP contribution in [-0.2, 0) is 24.3 Å². The lowest BCUT2D eigenvalue weighted by Crippen LogP contribution is -2.31. The lowest BCUT2D eigenvalue weighted by molar-refractivity contribution is -0.132. The van der Waals surface area contributed by atoms with Gasteiger partial charge in [-0.05, 0) is 49.2 Å². The number of hydrogen-bond acceptors (Lipinski definition) is 4. The Morgan fingerprint density at radius 2 is 1.59 bits per heavy atom. The van der Waals surface area contributed by atoms with Gasteiger partial charge in [-0.2, -0.15) is 0 Å². The van der Waals surface area contributed by atoms with Crippen LogP contribution in [0, 0.1) is 13.8 Å². The third-order valence-corrected chi connectivity index (χ3v) is 4.89.